The quantitative estimate of drug-likeness (QED) is 0.372. The SMILES string of the molecule is CCSCCC1=CC(Cl)CC1. The Hall–Kier alpha value is 0.380. The molecular formula is C9H15ClS. The molecule has 64 valence electrons. The van der Waals surface area contributed by atoms with Crippen molar-refractivity contribution in [2.75, 3.05) is 11.5 Å². The summed E-state index contributed by atoms with van der Waals surface area (Å²) in [6, 6.07) is 0. The van der Waals surface area contributed by atoms with Crippen LogP contribution in [0.5, 0.6) is 0 Å². The first-order valence-electron chi connectivity index (χ1n) is 4.24. The zero-order valence-corrected chi connectivity index (χ0v) is 8.55. The molecule has 11 heavy (non-hydrogen) atoms. The third kappa shape index (κ3) is 3.53. The number of hydrogen-bond acceptors (Lipinski definition) is 1. The van der Waals surface area contributed by atoms with Gasteiger partial charge in [-0.15, -0.1) is 11.6 Å². The van der Waals surface area contributed by atoms with Gasteiger partial charge >= 0.3 is 0 Å². The Morgan fingerprint density at radius 3 is 3.09 bits per heavy atom. The topological polar surface area (TPSA) is 0 Å². The molecule has 1 atom stereocenters. The molecule has 2 heteroatoms. The minimum atomic E-state index is 0.330. The lowest BCUT2D eigenvalue weighted by atomic mass is 10.2. The summed E-state index contributed by atoms with van der Waals surface area (Å²) in [4.78, 5) is 0. The number of alkyl halides is 1. The summed E-state index contributed by atoms with van der Waals surface area (Å²) in [5.41, 5.74) is 1.57. The second-order valence-corrected chi connectivity index (χ2v) is 4.78. The number of thioether (sulfide) groups is 1. The van der Waals surface area contributed by atoms with Gasteiger partial charge in [0.15, 0.2) is 0 Å². The van der Waals surface area contributed by atoms with Crippen LogP contribution in [0.25, 0.3) is 0 Å². The van der Waals surface area contributed by atoms with Crippen molar-refractivity contribution in [2.24, 2.45) is 0 Å². The van der Waals surface area contributed by atoms with Crippen molar-refractivity contribution in [1.82, 2.24) is 0 Å². The zero-order valence-electron chi connectivity index (χ0n) is 6.98. The van der Waals surface area contributed by atoms with E-state index in [4.69, 9.17) is 11.6 Å². The van der Waals surface area contributed by atoms with E-state index in [0.717, 1.165) is 6.42 Å². The van der Waals surface area contributed by atoms with Gasteiger partial charge in [-0.2, -0.15) is 11.8 Å². The van der Waals surface area contributed by atoms with Crippen LogP contribution in [0.15, 0.2) is 11.6 Å². The van der Waals surface area contributed by atoms with Gasteiger partial charge < -0.3 is 0 Å². The summed E-state index contributed by atoms with van der Waals surface area (Å²) in [5, 5.41) is 0.330. The van der Waals surface area contributed by atoms with Crippen LogP contribution in [0.1, 0.15) is 26.2 Å². The molecule has 0 radical (unpaired) electrons. The van der Waals surface area contributed by atoms with E-state index in [1.165, 1.54) is 24.3 Å². The Bertz CT molecular complexity index is 142. The summed E-state index contributed by atoms with van der Waals surface area (Å²) in [5.74, 6) is 2.50. The highest BCUT2D eigenvalue weighted by atomic mass is 35.5. The highest BCUT2D eigenvalue weighted by molar-refractivity contribution is 7.99. The minimum Gasteiger partial charge on any atom is -0.162 e. The van der Waals surface area contributed by atoms with Crippen molar-refractivity contribution in [3.05, 3.63) is 11.6 Å². The molecule has 0 saturated heterocycles. The molecule has 1 unspecified atom stereocenters. The number of hydrogen-bond donors (Lipinski definition) is 0. The molecule has 0 bridgehead atoms. The highest BCUT2D eigenvalue weighted by Crippen LogP contribution is 2.25. The van der Waals surface area contributed by atoms with E-state index in [0.29, 0.717) is 5.38 Å². The van der Waals surface area contributed by atoms with Gasteiger partial charge in [0.05, 0.1) is 5.38 Å². The van der Waals surface area contributed by atoms with Gasteiger partial charge in [-0.05, 0) is 30.8 Å². The second kappa shape index (κ2) is 5.10. The van der Waals surface area contributed by atoms with Gasteiger partial charge in [-0.3, -0.25) is 0 Å². The standard InChI is InChI=1S/C9H15ClS/c1-2-11-6-5-8-3-4-9(10)7-8/h7,9H,2-6H2,1H3. The predicted molar refractivity (Wildman–Crippen MR) is 54.6 cm³/mol. The molecule has 1 aliphatic carbocycles. The summed E-state index contributed by atoms with van der Waals surface area (Å²) in [6.07, 6.45) is 5.88. The van der Waals surface area contributed by atoms with Crippen LogP contribution in [0.2, 0.25) is 0 Å². The van der Waals surface area contributed by atoms with Crippen molar-refractivity contribution in [2.45, 2.75) is 31.6 Å². The number of allylic oxidation sites excluding steroid dienone is 2. The summed E-state index contributed by atoms with van der Waals surface area (Å²) >= 11 is 7.95. The Labute approximate surface area is 78.4 Å². The van der Waals surface area contributed by atoms with Crippen LogP contribution in [0.4, 0.5) is 0 Å². The Morgan fingerprint density at radius 2 is 2.55 bits per heavy atom. The van der Waals surface area contributed by atoms with Gasteiger partial charge in [0.1, 0.15) is 0 Å². The molecule has 1 rings (SSSR count). The predicted octanol–water partition coefficient (Wildman–Crippen LogP) is 3.46. The number of rotatable bonds is 4. The molecule has 0 aromatic heterocycles. The fraction of sp³-hybridized carbons (Fsp3) is 0.778. The Kier molecular flexibility index (Phi) is 4.39. The molecular weight excluding hydrogens is 176 g/mol. The molecule has 0 nitrogen and oxygen atoms in total. The molecule has 0 fully saturated rings. The first kappa shape index (κ1) is 9.47. The minimum absolute atomic E-state index is 0.330. The summed E-state index contributed by atoms with van der Waals surface area (Å²) in [6.45, 7) is 2.21. The first-order valence-corrected chi connectivity index (χ1v) is 5.83. The smallest absolute Gasteiger partial charge is 0.0521 e. The Balaban J connectivity index is 2.12. The average Bonchev–Trinajstić information content (AvgIpc) is 2.37. The molecule has 0 N–H and O–H groups in total. The van der Waals surface area contributed by atoms with Crippen LogP contribution in [0, 0.1) is 0 Å². The lowest BCUT2D eigenvalue weighted by Gasteiger charge is -1.98. The Morgan fingerprint density at radius 1 is 1.73 bits per heavy atom. The van der Waals surface area contributed by atoms with E-state index in [1.54, 1.807) is 5.57 Å². The van der Waals surface area contributed by atoms with E-state index in [2.05, 4.69) is 13.0 Å². The van der Waals surface area contributed by atoms with Gasteiger partial charge in [-0.25, -0.2) is 0 Å². The van der Waals surface area contributed by atoms with E-state index >= 15 is 0 Å². The molecule has 0 aromatic rings. The van der Waals surface area contributed by atoms with E-state index in [9.17, 15) is 0 Å². The average molecular weight is 191 g/mol. The molecule has 0 heterocycles. The van der Waals surface area contributed by atoms with Crippen molar-refractivity contribution in [3.8, 4) is 0 Å². The third-order valence-electron chi connectivity index (χ3n) is 1.93. The van der Waals surface area contributed by atoms with E-state index in [1.807, 2.05) is 11.8 Å². The van der Waals surface area contributed by atoms with Gasteiger partial charge in [0, 0.05) is 0 Å². The van der Waals surface area contributed by atoms with Gasteiger partial charge in [0.25, 0.3) is 0 Å². The van der Waals surface area contributed by atoms with Crippen LogP contribution in [-0.4, -0.2) is 16.9 Å². The van der Waals surface area contributed by atoms with Crippen molar-refractivity contribution >= 4 is 23.4 Å². The summed E-state index contributed by atoms with van der Waals surface area (Å²) in [7, 11) is 0. The number of halogens is 1. The third-order valence-corrected chi connectivity index (χ3v) is 3.17. The van der Waals surface area contributed by atoms with E-state index in [-0.39, 0.29) is 0 Å². The largest absolute Gasteiger partial charge is 0.162 e. The van der Waals surface area contributed by atoms with Gasteiger partial charge in [0.2, 0.25) is 0 Å². The molecule has 0 spiro atoms. The first-order chi connectivity index (χ1) is 5.33. The fourth-order valence-corrected chi connectivity index (χ4v) is 2.28. The molecule has 0 saturated carbocycles. The van der Waals surface area contributed by atoms with Crippen molar-refractivity contribution in [3.63, 3.8) is 0 Å². The highest BCUT2D eigenvalue weighted by Gasteiger charge is 2.11. The fourth-order valence-electron chi connectivity index (χ4n) is 1.30. The molecule has 0 aromatic carbocycles. The van der Waals surface area contributed by atoms with Crippen molar-refractivity contribution in [1.29, 1.82) is 0 Å². The maximum Gasteiger partial charge on any atom is 0.0521 e. The molecule has 1 aliphatic rings. The normalized spacial score (nSPS) is 23.8. The maximum absolute atomic E-state index is 5.94. The van der Waals surface area contributed by atoms with Crippen LogP contribution < -0.4 is 0 Å². The monoisotopic (exact) mass is 190 g/mol. The van der Waals surface area contributed by atoms with E-state index < -0.39 is 0 Å². The maximum atomic E-state index is 5.94. The van der Waals surface area contributed by atoms with Crippen molar-refractivity contribution < 1.29 is 0 Å². The lowest BCUT2D eigenvalue weighted by molar-refractivity contribution is 0.886. The second-order valence-electron chi connectivity index (χ2n) is 2.83. The van der Waals surface area contributed by atoms with Gasteiger partial charge in [-0.1, -0.05) is 18.6 Å². The van der Waals surface area contributed by atoms with Crippen LogP contribution in [-0.2, 0) is 0 Å². The molecule has 0 amide bonds. The van der Waals surface area contributed by atoms with Crippen LogP contribution >= 0.6 is 23.4 Å². The summed E-state index contributed by atoms with van der Waals surface area (Å²) < 4.78 is 0. The molecule has 0 aliphatic heterocycles. The lowest BCUT2D eigenvalue weighted by Crippen LogP contribution is -1.83. The van der Waals surface area contributed by atoms with Crippen LogP contribution in [0.3, 0.4) is 0 Å². The zero-order chi connectivity index (χ0) is 8.10.